The standard InChI is InChI=1S/C21H19FO6S/c1-4-27-21(24)19-14(18-15(22)6-5-7-17(18)29-19)11-28-20(23)13-9-8-12(25-2)10-16(13)26-3/h5-10H,4,11H2,1-3H3. The smallest absolute Gasteiger partial charge is 0.348 e. The molecule has 8 heteroatoms. The van der Waals surface area contributed by atoms with Crippen LogP contribution in [-0.4, -0.2) is 32.8 Å². The number of esters is 2. The van der Waals surface area contributed by atoms with Gasteiger partial charge in [0.05, 0.1) is 20.8 Å². The summed E-state index contributed by atoms with van der Waals surface area (Å²) >= 11 is 1.10. The van der Waals surface area contributed by atoms with Gasteiger partial charge >= 0.3 is 11.9 Å². The van der Waals surface area contributed by atoms with Crippen LogP contribution in [-0.2, 0) is 16.1 Å². The molecular formula is C21H19FO6S. The second kappa shape index (κ2) is 8.91. The van der Waals surface area contributed by atoms with E-state index in [-0.39, 0.29) is 40.4 Å². The van der Waals surface area contributed by atoms with Crippen molar-refractivity contribution in [1.29, 1.82) is 0 Å². The molecule has 0 spiro atoms. The summed E-state index contributed by atoms with van der Waals surface area (Å²) in [7, 11) is 2.92. The van der Waals surface area contributed by atoms with Crippen molar-refractivity contribution in [3.63, 3.8) is 0 Å². The molecular weight excluding hydrogens is 399 g/mol. The van der Waals surface area contributed by atoms with E-state index in [2.05, 4.69) is 0 Å². The quantitative estimate of drug-likeness (QED) is 0.523. The van der Waals surface area contributed by atoms with Crippen molar-refractivity contribution in [2.24, 2.45) is 0 Å². The van der Waals surface area contributed by atoms with Crippen molar-refractivity contribution < 1.29 is 32.9 Å². The lowest BCUT2D eigenvalue weighted by Crippen LogP contribution is -2.10. The Balaban J connectivity index is 1.93. The Morgan fingerprint density at radius 1 is 1.03 bits per heavy atom. The number of ether oxygens (including phenoxy) is 4. The zero-order valence-electron chi connectivity index (χ0n) is 16.1. The van der Waals surface area contributed by atoms with Crippen LogP contribution >= 0.6 is 11.3 Å². The van der Waals surface area contributed by atoms with E-state index in [9.17, 15) is 14.0 Å². The van der Waals surface area contributed by atoms with Crippen molar-refractivity contribution in [2.75, 3.05) is 20.8 Å². The molecule has 152 valence electrons. The normalized spacial score (nSPS) is 10.6. The monoisotopic (exact) mass is 418 g/mol. The van der Waals surface area contributed by atoms with Gasteiger partial charge in [-0.25, -0.2) is 14.0 Å². The zero-order chi connectivity index (χ0) is 21.0. The van der Waals surface area contributed by atoms with Crippen LogP contribution in [0.3, 0.4) is 0 Å². The van der Waals surface area contributed by atoms with Gasteiger partial charge in [0, 0.05) is 21.7 Å². The van der Waals surface area contributed by atoms with Crippen LogP contribution in [0.15, 0.2) is 36.4 Å². The highest BCUT2D eigenvalue weighted by Crippen LogP contribution is 2.35. The van der Waals surface area contributed by atoms with Gasteiger partial charge in [-0.2, -0.15) is 0 Å². The van der Waals surface area contributed by atoms with E-state index in [1.165, 1.54) is 26.4 Å². The van der Waals surface area contributed by atoms with Gasteiger partial charge in [-0.15, -0.1) is 11.3 Å². The van der Waals surface area contributed by atoms with Gasteiger partial charge in [0.1, 0.15) is 34.4 Å². The molecule has 0 amide bonds. The molecule has 0 unspecified atom stereocenters. The number of carbonyl (C=O) groups is 2. The molecule has 0 bridgehead atoms. The van der Waals surface area contributed by atoms with Crippen molar-refractivity contribution in [1.82, 2.24) is 0 Å². The second-order valence-corrected chi connectivity index (χ2v) is 6.94. The van der Waals surface area contributed by atoms with Gasteiger partial charge in [-0.05, 0) is 31.2 Å². The summed E-state index contributed by atoms with van der Waals surface area (Å²) in [5, 5.41) is 0.245. The van der Waals surface area contributed by atoms with Crippen LogP contribution in [0.4, 0.5) is 4.39 Å². The van der Waals surface area contributed by atoms with Crippen molar-refractivity contribution in [3.8, 4) is 11.5 Å². The predicted octanol–water partition coefficient (Wildman–Crippen LogP) is 4.59. The Bertz CT molecular complexity index is 1060. The van der Waals surface area contributed by atoms with Gasteiger partial charge < -0.3 is 18.9 Å². The lowest BCUT2D eigenvalue weighted by molar-refractivity contribution is 0.0451. The average Bonchev–Trinajstić information content (AvgIpc) is 3.11. The lowest BCUT2D eigenvalue weighted by atomic mass is 10.1. The molecule has 0 N–H and O–H groups in total. The van der Waals surface area contributed by atoms with Crippen LogP contribution < -0.4 is 9.47 Å². The second-order valence-electron chi connectivity index (χ2n) is 5.89. The molecule has 0 saturated carbocycles. The number of methoxy groups -OCH3 is 2. The van der Waals surface area contributed by atoms with Gasteiger partial charge in [0.15, 0.2) is 0 Å². The minimum Gasteiger partial charge on any atom is -0.497 e. The SMILES string of the molecule is CCOC(=O)c1sc2cccc(F)c2c1COC(=O)c1ccc(OC)cc1OC. The highest BCUT2D eigenvalue weighted by atomic mass is 32.1. The molecule has 0 aliphatic rings. The van der Waals surface area contributed by atoms with Crippen molar-refractivity contribution >= 4 is 33.4 Å². The molecule has 2 aromatic carbocycles. The van der Waals surface area contributed by atoms with Gasteiger partial charge in [0.2, 0.25) is 0 Å². The zero-order valence-corrected chi connectivity index (χ0v) is 16.9. The Labute approximate surface area is 170 Å². The summed E-state index contributed by atoms with van der Waals surface area (Å²) < 4.78 is 35.8. The van der Waals surface area contributed by atoms with Crippen LogP contribution in [0, 0.1) is 5.82 Å². The Kier molecular flexibility index (Phi) is 6.33. The highest BCUT2D eigenvalue weighted by Gasteiger charge is 2.24. The molecule has 3 aromatic rings. The summed E-state index contributed by atoms with van der Waals surface area (Å²) in [5.74, 6) is -0.950. The lowest BCUT2D eigenvalue weighted by Gasteiger charge is -2.11. The molecule has 6 nitrogen and oxygen atoms in total. The molecule has 0 saturated heterocycles. The third kappa shape index (κ3) is 4.17. The molecule has 1 aromatic heterocycles. The summed E-state index contributed by atoms with van der Waals surface area (Å²) in [6.45, 7) is 1.57. The van der Waals surface area contributed by atoms with Crippen LogP contribution in [0.5, 0.6) is 11.5 Å². The van der Waals surface area contributed by atoms with E-state index in [4.69, 9.17) is 18.9 Å². The fourth-order valence-electron chi connectivity index (χ4n) is 2.85. The van der Waals surface area contributed by atoms with Crippen molar-refractivity contribution in [3.05, 3.63) is 58.2 Å². The number of rotatable bonds is 7. The maximum absolute atomic E-state index is 14.4. The summed E-state index contributed by atoms with van der Waals surface area (Å²) in [4.78, 5) is 25.1. The number of halogens is 1. The van der Waals surface area contributed by atoms with E-state index in [0.29, 0.717) is 10.4 Å². The highest BCUT2D eigenvalue weighted by molar-refractivity contribution is 7.21. The number of fused-ring (bicyclic) bond motifs is 1. The molecule has 0 aliphatic heterocycles. The number of thiophene rings is 1. The first-order chi connectivity index (χ1) is 14.0. The van der Waals surface area contributed by atoms with Gasteiger partial charge in [0.25, 0.3) is 0 Å². The molecule has 1 heterocycles. The number of carbonyl (C=O) groups excluding carboxylic acids is 2. The van der Waals surface area contributed by atoms with Crippen molar-refractivity contribution in [2.45, 2.75) is 13.5 Å². The molecule has 0 radical (unpaired) electrons. The number of benzene rings is 2. The summed E-state index contributed by atoms with van der Waals surface area (Å²) in [6, 6.07) is 9.22. The Morgan fingerprint density at radius 2 is 1.83 bits per heavy atom. The minimum absolute atomic E-state index is 0.178. The maximum Gasteiger partial charge on any atom is 0.348 e. The first-order valence-corrected chi connectivity index (χ1v) is 9.58. The fraction of sp³-hybridized carbons (Fsp3) is 0.238. The predicted molar refractivity (Wildman–Crippen MR) is 106 cm³/mol. The molecule has 0 fully saturated rings. The largest absolute Gasteiger partial charge is 0.497 e. The number of hydrogen-bond acceptors (Lipinski definition) is 7. The third-order valence-corrected chi connectivity index (χ3v) is 5.38. The van der Waals surface area contributed by atoms with E-state index >= 15 is 0 Å². The summed E-state index contributed by atoms with van der Waals surface area (Å²) in [6.07, 6.45) is 0. The molecule has 0 aliphatic carbocycles. The van der Waals surface area contributed by atoms with Crippen LogP contribution in [0.1, 0.15) is 32.5 Å². The van der Waals surface area contributed by atoms with Gasteiger partial charge in [-0.1, -0.05) is 6.07 Å². The Morgan fingerprint density at radius 3 is 2.52 bits per heavy atom. The first kappa shape index (κ1) is 20.6. The summed E-state index contributed by atoms with van der Waals surface area (Å²) in [5.41, 5.74) is 0.466. The van der Waals surface area contributed by atoms with E-state index in [1.54, 1.807) is 31.2 Å². The maximum atomic E-state index is 14.4. The topological polar surface area (TPSA) is 71.1 Å². The average molecular weight is 418 g/mol. The first-order valence-electron chi connectivity index (χ1n) is 8.76. The third-order valence-electron chi connectivity index (χ3n) is 4.20. The Hall–Kier alpha value is -3.13. The van der Waals surface area contributed by atoms with E-state index < -0.39 is 17.8 Å². The molecule has 29 heavy (non-hydrogen) atoms. The van der Waals surface area contributed by atoms with Gasteiger partial charge in [-0.3, -0.25) is 0 Å². The number of hydrogen-bond donors (Lipinski definition) is 0. The minimum atomic E-state index is -0.671. The molecule has 3 rings (SSSR count). The van der Waals surface area contributed by atoms with E-state index in [1.807, 2.05) is 0 Å². The van der Waals surface area contributed by atoms with Crippen LogP contribution in [0.2, 0.25) is 0 Å². The van der Waals surface area contributed by atoms with E-state index in [0.717, 1.165) is 11.3 Å². The van der Waals surface area contributed by atoms with Crippen LogP contribution in [0.25, 0.3) is 10.1 Å². The molecule has 0 atom stereocenters. The fourth-order valence-corrected chi connectivity index (χ4v) is 3.96.